The van der Waals surface area contributed by atoms with Crippen molar-refractivity contribution in [2.24, 2.45) is 10.4 Å². The zero-order valence-electron chi connectivity index (χ0n) is 16.3. The normalized spacial score (nSPS) is 22.0. The summed E-state index contributed by atoms with van der Waals surface area (Å²) in [5.74, 6) is 0.911. The van der Waals surface area contributed by atoms with Gasteiger partial charge in [-0.3, -0.25) is 9.79 Å². The molecule has 27 heavy (non-hydrogen) atoms. The van der Waals surface area contributed by atoms with Gasteiger partial charge in [0.25, 0.3) is 0 Å². The molecule has 0 bridgehead atoms. The zero-order valence-corrected chi connectivity index (χ0v) is 18.6. The Kier molecular flexibility index (Phi) is 8.34. The minimum atomic E-state index is 0. The number of halogens is 1. The predicted molar refractivity (Wildman–Crippen MR) is 118 cm³/mol. The van der Waals surface area contributed by atoms with Gasteiger partial charge in [-0.05, 0) is 25.3 Å². The van der Waals surface area contributed by atoms with Crippen LogP contribution in [0.1, 0.15) is 25.3 Å². The number of hydrogen-bond donors (Lipinski definition) is 1. The third kappa shape index (κ3) is 5.57. The van der Waals surface area contributed by atoms with Crippen LogP contribution in [0.15, 0.2) is 35.3 Å². The Morgan fingerprint density at radius 1 is 1.33 bits per heavy atom. The summed E-state index contributed by atoms with van der Waals surface area (Å²) in [6, 6.07) is 10.1. The molecule has 2 heterocycles. The second-order valence-electron chi connectivity index (χ2n) is 7.27. The molecule has 1 N–H and O–H groups in total. The van der Waals surface area contributed by atoms with Crippen LogP contribution >= 0.6 is 24.0 Å². The Morgan fingerprint density at radius 3 is 2.74 bits per heavy atom. The quantitative estimate of drug-likeness (QED) is 0.395. The number of aliphatic imine (C=N–C) groups is 1. The van der Waals surface area contributed by atoms with Gasteiger partial charge in [0, 0.05) is 45.2 Å². The maximum Gasteiger partial charge on any atom is 0.242 e. The summed E-state index contributed by atoms with van der Waals surface area (Å²) in [6.07, 6.45) is 2.26. The van der Waals surface area contributed by atoms with Crippen LogP contribution in [0.25, 0.3) is 0 Å². The van der Waals surface area contributed by atoms with E-state index in [-0.39, 0.29) is 41.8 Å². The molecule has 1 unspecified atom stereocenters. The molecule has 3 rings (SSSR count). The summed E-state index contributed by atoms with van der Waals surface area (Å²) in [5.41, 5.74) is 1.43. The lowest BCUT2D eigenvalue weighted by atomic mass is 9.87. The average Bonchev–Trinajstić information content (AvgIpc) is 3.31. The lowest BCUT2D eigenvalue weighted by Gasteiger charge is -2.26. The largest absolute Gasteiger partial charge is 0.381 e. The second-order valence-corrected chi connectivity index (χ2v) is 7.27. The Morgan fingerprint density at radius 2 is 2.11 bits per heavy atom. The molecule has 2 aliphatic heterocycles. The number of carbonyl (C=O) groups is 1. The van der Waals surface area contributed by atoms with Gasteiger partial charge >= 0.3 is 0 Å². The van der Waals surface area contributed by atoms with E-state index in [0.29, 0.717) is 13.1 Å². The highest BCUT2D eigenvalue weighted by Crippen LogP contribution is 2.38. The first-order valence-corrected chi connectivity index (χ1v) is 9.51. The van der Waals surface area contributed by atoms with Crippen LogP contribution in [0, 0.1) is 5.41 Å². The molecule has 0 radical (unpaired) electrons. The van der Waals surface area contributed by atoms with Crippen molar-refractivity contribution in [3.63, 3.8) is 0 Å². The molecule has 1 aromatic carbocycles. The second kappa shape index (κ2) is 10.3. The standard InChI is InChI=1S/C20H30N4O2.HI/c1-3-23(14-17-7-5-4-6-8-17)18(25)13-22-19(21-2)24-11-9-20(15-24)10-12-26-16-20;/h4-8H,3,9-16H2,1-2H3,(H,21,22);1H. The number of nitrogens with zero attached hydrogens (tertiary/aromatic N) is 3. The molecule has 2 fully saturated rings. The van der Waals surface area contributed by atoms with Crippen LogP contribution < -0.4 is 5.32 Å². The number of likely N-dealkylation sites (N-methyl/N-ethyl adjacent to an activating group) is 1. The Bertz CT molecular complexity index is 632. The highest BCUT2D eigenvalue weighted by atomic mass is 127. The van der Waals surface area contributed by atoms with Crippen LogP contribution in [0.2, 0.25) is 0 Å². The molecule has 0 aromatic heterocycles. The summed E-state index contributed by atoms with van der Waals surface area (Å²) in [7, 11) is 1.78. The zero-order chi connectivity index (χ0) is 18.4. The molecule has 0 saturated carbocycles. The molecular weight excluding hydrogens is 455 g/mol. The van der Waals surface area contributed by atoms with E-state index in [1.807, 2.05) is 30.0 Å². The van der Waals surface area contributed by atoms with Gasteiger partial charge in [-0.25, -0.2) is 0 Å². The van der Waals surface area contributed by atoms with Crippen LogP contribution in [-0.2, 0) is 16.1 Å². The molecule has 2 aliphatic rings. The lowest BCUT2D eigenvalue weighted by Crippen LogP contribution is -2.46. The fourth-order valence-electron chi connectivity index (χ4n) is 3.87. The predicted octanol–water partition coefficient (Wildman–Crippen LogP) is 2.34. The van der Waals surface area contributed by atoms with E-state index < -0.39 is 0 Å². The van der Waals surface area contributed by atoms with Crippen LogP contribution in [0.5, 0.6) is 0 Å². The number of amides is 1. The molecule has 1 spiro atoms. The van der Waals surface area contributed by atoms with E-state index in [1.54, 1.807) is 7.05 Å². The highest BCUT2D eigenvalue weighted by Gasteiger charge is 2.42. The molecule has 2 saturated heterocycles. The van der Waals surface area contributed by atoms with Gasteiger partial charge in [0.05, 0.1) is 13.2 Å². The summed E-state index contributed by atoms with van der Waals surface area (Å²) in [6.45, 7) is 7.26. The smallest absolute Gasteiger partial charge is 0.242 e. The highest BCUT2D eigenvalue weighted by molar-refractivity contribution is 14.0. The summed E-state index contributed by atoms with van der Waals surface area (Å²) >= 11 is 0. The van der Waals surface area contributed by atoms with Gasteiger partial charge in [0.2, 0.25) is 5.91 Å². The minimum absolute atomic E-state index is 0. The minimum Gasteiger partial charge on any atom is -0.381 e. The van der Waals surface area contributed by atoms with Crippen molar-refractivity contribution in [2.75, 3.05) is 46.4 Å². The van der Waals surface area contributed by atoms with Gasteiger partial charge in [-0.15, -0.1) is 24.0 Å². The molecule has 7 heteroatoms. The fraction of sp³-hybridized carbons (Fsp3) is 0.600. The van der Waals surface area contributed by atoms with Gasteiger partial charge in [0.1, 0.15) is 0 Å². The molecule has 150 valence electrons. The van der Waals surface area contributed by atoms with Crippen molar-refractivity contribution in [3.05, 3.63) is 35.9 Å². The molecule has 0 aliphatic carbocycles. The number of rotatable bonds is 5. The SMILES string of the molecule is CCN(Cc1ccccc1)C(=O)CNC(=NC)N1CCC2(CCOC2)C1.I. The topological polar surface area (TPSA) is 57.2 Å². The van der Waals surface area contributed by atoms with Crippen molar-refractivity contribution < 1.29 is 9.53 Å². The number of hydrogen-bond acceptors (Lipinski definition) is 3. The average molecular weight is 486 g/mol. The third-order valence-corrected chi connectivity index (χ3v) is 5.48. The Balaban J connectivity index is 0.00000261. The van der Waals surface area contributed by atoms with Gasteiger partial charge in [0.15, 0.2) is 5.96 Å². The first-order chi connectivity index (χ1) is 12.7. The summed E-state index contributed by atoms with van der Waals surface area (Å²) in [4.78, 5) is 21.1. The van der Waals surface area contributed by atoms with E-state index in [9.17, 15) is 4.79 Å². The van der Waals surface area contributed by atoms with E-state index in [4.69, 9.17) is 4.74 Å². The van der Waals surface area contributed by atoms with Gasteiger partial charge in [-0.2, -0.15) is 0 Å². The van der Waals surface area contributed by atoms with Crippen molar-refractivity contribution >= 4 is 35.8 Å². The van der Waals surface area contributed by atoms with Crippen molar-refractivity contribution in [1.82, 2.24) is 15.1 Å². The van der Waals surface area contributed by atoms with Crippen molar-refractivity contribution in [3.8, 4) is 0 Å². The fourth-order valence-corrected chi connectivity index (χ4v) is 3.87. The van der Waals surface area contributed by atoms with Crippen LogP contribution in [0.4, 0.5) is 0 Å². The molecule has 1 aromatic rings. The van der Waals surface area contributed by atoms with Gasteiger partial charge < -0.3 is 19.9 Å². The Labute approximate surface area is 179 Å². The summed E-state index contributed by atoms with van der Waals surface area (Å²) < 4.78 is 5.60. The number of nitrogens with one attached hydrogen (secondary N) is 1. The number of ether oxygens (including phenoxy) is 1. The van der Waals surface area contributed by atoms with Crippen molar-refractivity contribution in [1.29, 1.82) is 0 Å². The Hall–Kier alpha value is -1.35. The van der Waals surface area contributed by atoms with E-state index >= 15 is 0 Å². The summed E-state index contributed by atoms with van der Waals surface area (Å²) in [5, 5.41) is 3.26. The maximum atomic E-state index is 12.6. The molecule has 1 amide bonds. The number of carbonyl (C=O) groups excluding carboxylic acids is 1. The van der Waals surface area contributed by atoms with Crippen LogP contribution in [0.3, 0.4) is 0 Å². The maximum absolute atomic E-state index is 12.6. The monoisotopic (exact) mass is 486 g/mol. The van der Waals surface area contributed by atoms with Crippen molar-refractivity contribution in [2.45, 2.75) is 26.3 Å². The number of likely N-dealkylation sites (tertiary alicyclic amines) is 1. The third-order valence-electron chi connectivity index (χ3n) is 5.48. The lowest BCUT2D eigenvalue weighted by molar-refractivity contribution is -0.130. The number of guanidine groups is 1. The first-order valence-electron chi connectivity index (χ1n) is 9.51. The molecule has 6 nitrogen and oxygen atoms in total. The first kappa shape index (κ1) is 21.9. The van der Waals surface area contributed by atoms with E-state index in [1.165, 1.54) is 0 Å². The number of benzene rings is 1. The van der Waals surface area contributed by atoms with E-state index in [0.717, 1.165) is 50.7 Å². The van der Waals surface area contributed by atoms with Gasteiger partial charge in [-0.1, -0.05) is 30.3 Å². The molecular formula is C20H31IN4O2. The van der Waals surface area contributed by atoms with E-state index in [2.05, 4.69) is 27.3 Å². The van der Waals surface area contributed by atoms with Crippen LogP contribution in [-0.4, -0.2) is 68.1 Å². The molecule has 1 atom stereocenters.